The SMILES string of the molecule is Cc1c(C)c(C(=O)OCC(=O)COC(=O)c2c(C)c(C)c(C(=O)O)c(C)c2C)c(C)c(C)c1C(=O)O. The number of carbonyl (C=O) groups is 5. The number of Topliss-reactive ketones (excluding diaryl/α,β-unsaturated/α-hetero) is 1. The second-order valence-corrected chi connectivity index (χ2v) is 8.80. The molecule has 0 bridgehead atoms. The average Bonchev–Trinajstić information content (AvgIpc) is 2.79. The van der Waals surface area contributed by atoms with Crippen LogP contribution in [-0.2, 0) is 14.3 Å². The van der Waals surface area contributed by atoms with Crippen LogP contribution in [0.25, 0.3) is 0 Å². The topological polar surface area (TPSA) is 144 Å². The molecule has 2 rings (SSSR count). The summed E-state index contributed by atoms with van der Waals surface area (Å²) in [6.45, 7) is 11.6. The number of aromatic carboxylic acids is 2. The number of ketones is 1. The molecule has 36 heavy (non-hydrogen) atoms. The minimum atomic E-state index is -1.10. The van der Waals surface area contributed by atoms with E-state index in [9.17, 15) is 34.2 Å². The van der Waals surface area contributed by atoms with E-state index in [1.165, 1.54) is 0 Å². The van der Waals surface area contributed by atoms with Gasteiger partial charge in [-0.15, -0.1) is 0 Å². The molecule has 0 aromatic heterocycles. The Bertz CT molecular complexity index is 1160. The minimum Gasteiger partial charge on any atom is -0.478 e. The highest BCUT2D eigenvalue weighted by molar-refractivity contribution is 6.01. The van der Waals surface area contributed by atoms with E-state index in [-0.39, 0.29) is 22.3 Å². The molecule has 0 aliphatic rings. The fourth-order valence-corrected chi connectivity index (χ4v) is 4.36. The van der Waals surface area contributed by atoms with Crippen molar-refractivity contribution >= 4 is 29.7 Å². The lowest BCUT2D eigenvalue weighted by atomic mass is 9.89. The first-order valence-corrected chi connectivity index (χ1v) is 11.2. The van der Waals surface area contributed by atoms with Crippen molar-refractivity contribution in [3.05, 3.63) is 66.8 Å². The van der Waals surface area contributed by atoms with Crippen molar-refractivity contribution in [1.29, 1.82) is 0 Å². The number of ether oxygens (including phenoxy) is 2. The van der Waals surface area contributed by atoms with Gasteiger partial charge in [0.05, 0.1) is 22.3 Å². The third-order valence-electron chi connectivity index (χ3n) is 6.81. The van der Waals surface area contributed by atoms with Crippen molar-refractivity contribution in [2.75, 3.05) is 13.2 Å². The van der Waals surface area contributed by atoms with Crippen molar-refractivity contribution in [2.24, 2.45) is 0 Å². The predicted molar refractivity (Wildman–Crippen MR) is 130 cm³/mol. The summed E-state index contributed by atoms with van der Waals surface area (Å²) in [6.07, 6.45) is 0. The van der Waals surface area contributed by atoms with Crippen LogP contribution in [0.5, 0.6) is 0 Å². The number of esters is 2. The van der Waals surface area contributed by atoms with Gasteiger partial charge >= 0.3 is 23.9 Å². The van der Waals surface area contributed by atoms with Gasteiger partial charge in [-0.2, -0.15) is 0 Å². The third kappa shape index (κ3) is 5.15. The lowest BCUT2D eigenvalue weighted by molar-refractivity contribution is -0.125. The number of carboxylic acid groups (broad SMARTS) is 2. The van der Waals surface area contributed by atoms with Crippen LogP contribution in [0.3, 0.4) is 0 Å². The average molecular weight is 499 g/mol. The van der Waals surface area contributed by atoms with Gasteiger partial charge in [0.15, 0.2) is 13.2 Å². The Hall–Kier alpha value is -4.01. The number of hydrogen-bond donors (Lipinski definition) is 2. The molecule has 0 amide bonds. The van der Waals surface area contributed by atoms with E-state index < -0.39 is 42.9 Å². The summed E-state index contributed by atoms with van der Waals surface area (Å²) < 4.78 is 10.3. The largest absolute Gasteiger partial charge is 0.478 e. The van der Waals surface area contributed by atoms with Gasteiger partial charge in [-0.25, -0.2) is 19.2 Å². The molecule has 2 N–H and O–H groups in total. The summed E-state index contributed by atoms with van der Waals surface area (Å²) in [7, 11) is 0. The second-order valence-electron chi connectivity index (χ2n) is 8.80. The lowest BCUT2D eigenvalue weighted by Crippen LogP contribution is -2.23. The van der Waals surface area contributed by atoms with Crippen LogP contribution in [0, 0.1) is 55.4 Å². The van der Waals surface area contributed by atoms with Gasteiger partial charge in [-0.1, -0.05) is 0 Å². The molecule has 0 fully saturated rings. The molecule has 0 spiro atoms. The Morgan fingerprint density at radius 3 is 0.917 bits per heavy atom. The maximum atomic E-state index is 12.7. The molecule has 0 heterocycles. The first kappa shape index (κ1) is 28.2. The van der Waals surface area contributed by atoms with Crippen molar-refractivity contribution in [3.63, 3.8) is 0 Å². The van der Waals surface area contributed by atoms with Gasteiger partial charge in [-0.3, -0.25) is 4.79 Å². The fourth-order valence-electron chi connectivity index (χ4n) is 4.36. The summed E-state index contributed by atoms with van der Waals surface area (Å²) in [5.74, 6) is -4.42. The number of hydrogen-bond acceptors (Lipinski definition) is 7. The second kappa shape index (κ2) is 10.7. The van der Waals surface area contributed by atoms with E-state index >= 15 is 0 Å². The Balaban J connectivity index is 2.14. The van der Waals surface area contributed by atoms with Gasteiger partial charge in [0.1, 0.15) is 0 Å². The molecular formula is C27H30O9. The summed E-state index contributed by atoms with van der Waals surface area (Å²) >= 11 is 0. The summed E-state index contributed by atoms with van der Waals surface area (Å²) in [5, 5.41) is 18.9. The molecule has 192 valence electrons. The van der Waals surface area contributed by atoms with Crippen molar-refractivity contribution in [3.8, 4) is 0 Å². The maximum Gasteiger partial charge on any atom is 0.339 e. The number of carbonyl (C=O) groups excluding carboxylic acids is 3. The monoisotopic (exact) mass is 498 g/mol. The molecule has 0 radical (unpaired) electrons. The molecule has 0 aliphatic heterocycles. The third-order valence-corrected chi connectivity index (χ3v) is 6.81. The minimum absolute atomic E-state index is 0.122. The van der Waals surface area contributed by atoms with Gasteiger partial charge < -0.3 is 19.7 Å². The molecular weight excluding hydrogens is 468 g/mol. The van der Waals surface area contributed by atoms with E-state index in [1.807, 2.05) is 0 Å². The smallest absolute Gasteiger partial charge is 0.339 e. The molecule has 0 atom stereocenters. The first-order valence-electron chi connectivity index (χ1n) is 11.2. The molecule has 0 aliphatic carbocycles. The van der Waals surface area contributed by atoms with E-state index in [0.29, 0.717) is 44.5 Å². The summed E-state index contributed by atoms with van der Waals surface area (Å²) in [5.41, 5.74) is 4.14. The first-order chi connectivity index (χ1) is 16.6. The summed E-state index contributed by atoms with van der Waals surface area (Å²) in [6, 6.07) is 0. The molecule has 9 heteroatoms. The zero-order valence-electron chi connectivity index (χ0n) is 21.7. The molecule has 2 aromatic carbocycles. The van der Waals surface area contributed by atoms with Gasteiger partial charge in [-0.05, 0) is 99.9 Å². The highest BCUT2D eigenvalue weighted by Crippen LogP contribution is 2.28. The van der Waals surface area contributed by atoms with Crippen LogP contribution in [0.15, 0.2) is 0 Å². The lowest BCUT2D eigenvalue weighted by Gasteiger charge is -2.18. The molecule has 0 saturated carbocycles. The van der Waals surface area contributed by atoms with Crippen molar-refractivity contribution in [2.45, 2.75) is 55.4 Å². The highest BCUT2D eigenvalue weighted by atomic mass is 16.6. The van der Waals surface area contributed by atoms with Gasteiger partial charge in [0, 0.05) is 0 Å². The Morgan fingerprint density at radius 1 is 0.472 bits per heavy atom. The van der Waals surface area contributed by atoms with Crippen LogP contribution >= 0.6 is 0 Å². The number of rotatable bonds is 8. The van der Waals surface area contributed by atoms with E-state index in [2.05, 4.69) is 0 Å². The molecule has 9 nitrogen and oxygen atoms in total. The quantitative estimate of drug-likeness (QED) is 0.513. The maximum absolute atomic E-state index is 12.7. The van der Waals surface area contributed by atoms with Gasteiger partial charge in [0.2, 0.25) is 5.78 Å². The van der Waals surface area contributed by atoms with Crippen LogP contribution in [0.1, 0.15) is 85.9 Å². The highest BCUT2D eigenvalue weighted by Gasteiger charge is 2.26. The van der Waals surface area contributed by atoms with Crippen LogP contribution < -0.4 is 0 Å². The van der Waals surface area contributed by atoms with Crippen LogP contribution in [0.2, 0.25) is 0 Å². The molecule has 0 saturated heterocycles. The van der Waals surface area contributed by atoms with Crippen molar-refractivity contribution in [1.82, 2.24) is 0 Å². The Labute approximate surface area is 209 Å². The molecule has 0 unspecified atom stereocenters. The molecule has 2 aromatic rings. The standard InChI is InChI=1S/C27H30O9/c1-11-15(5)22(16(6)12(2)20(11)24(29)30)26(33)35-9-19(28)10-36-27(34)23-17(7)13(3)21(25(31)32)14(4)18(23)8/h9-10H2,1-8H3,(H,29,30)(H,31,32). The fraction of sp³-hybridized carbons (Fsp3) is 0.370. The predicted octanol–water partition coefficient (Wildman–Crippen LogP) is 4.13. The Kier molecular flexibility index (Phi) is 8.41. The number of benzene rings is 2. The Morgan fingerprint density at radius 2 is 0.694 bits per heavy atom. The number of carboxylic acids is 2. The van der Waals surface area contributed by atoms with Crippen LogP contribution in [-0.4, -0.2) is 53.1 Å². The van der Waals surface area contributed by atoms with E-state index in [1.54, 1.807) is 55.4 Å². The van der Waals surface area contributed by atoms with Crippen LogP contribution in [0.4, 0.5) is 0 Å². The van der Waals surface area contributed by atoms with Gasteiger partial charge in [0.25, 0.3) is 0 Å². The zero-order chi connectivity index (χ0) is 27.6. The summed E-state index contributed by atoms with van der Waals surface area (Å²) in [4.78, 5) is 60.9. The van der Waals surface area contributed by atoms with E-state index in [4.69, 9.17) is 9.47 Å². The zero-order valence-corrected chi connectivity index (χ0v) is 21.7. The van der Waals surface area contributed by atoms with E-state index in [0.717, 1.165) is 0 Å². The normalized spacial score (nSPS) is 10.7. The van der Waals surface area contributed by atoms with Crippen molar-refractivity contribution < 1.29 is 43.7 Å².